The highest BCUT2D eigenvalue weighted by Gasteiger charge is 2.02. The van der Waals surface area contributed by atoms with E-state index in [9.17, 15) is 0 Å². The number of pyridine rings is 1. The topological polar surface area (TPSA) is 67.7 Å². The van der Waals surface area contributed by atoms with Gasteiger partial charge in [-0.1, -0.05) is 6.92 Å². The van der Waals surface area contributed by atoms with Gasteiger partial charge in [-0.05, 0) is 19.4 Å². The molecule has 19 heavy (non-hydrogen) atoms. The molecular formula is C13H20N6. The lowest BCUT2D eigenvalue weighted by molar-refractivity contribution is 0.708. The average Bonchev–Trinajstić information content (AvgIpc) is 2.91. The molecule has 0 aliphatic heterocycles. The Labute approximate surface area is 113 Å². The quantitative estimate of drug-likeness (QED) is 0.798. The van der Waals surface area contributed by atoms with Crippen LogP contribution in [-0.2, 0) is 13.1 Å². The lowest BCUT2D eigenvalue weighted by atomic mass is 10.3. The summed E-state index contributed by atoms with van der Waals surface area (Å²) in [7, 11) is 0. The lowest BCUT2D eigenvalue weighted by Crippen LogP contribution is -2.08. The van der Waals surface area contributed by atoms with Gasteiger partial charge in [-0.2, -0.15) is 0 Å². The minimum atomic E-state index is 0.646. The van der Waals surface area contributed by atoms with Crippen molar-refractivity contribution in [2.75, 3.05) is 17.2 Å². The van der Waals surface area contributed by atoms with Gasteiger partial charge in [0.25, 0.3) is 0 Å². The molecule has 0 saturated carbocycles. The molecule has 0 fully saturated rings. The zero-order valence-electron chi connectivity index (χ0n) is 11.4. The van der Waals surface area contributed by atoms with Crippen LogP contribution in [0.15, 0.2) is 24.8 Å². The van der Waals surface area contributed by atoms with Crippen molar-refractivity contribution in [2.45, 2.75) is 33.4 Å². The van der Waals surface area contributed by atoms with Gasteiger partial charge in [0, 0.05) is 13.1 Å². The van der Waals surface area contributed by atoms with Crippen molar-refractivity contribution in [3.8, 4) is 0 Å². The Hall–Kier alpha value is -2.11. The Morgan fingerprint density at radius 2 is 1.95 bits per heavy atom. The third kappa shape index (κ3) is 3.67. The van der Waals surface area contributed by atoms with Crippen LogP contribution in [0.25, 0.3) is 0 Å². The van der Waals surface area contributed by atoms with Gasteiger partial charge in [-0.25, -0.2) is 0 Å². The van der Waals surface area contributed by atoms with Crippen molar-refractivity contribution < 1.29 is 0 Å². The summed E-state index contributed by atoms with van der Waals surface area (Å²) in [6, 6.07) is 2.05. The normalized spacial score (nSPS) is 10.4. The first-order chi connectivity index (χ1) is 9.33. The molecule has 102 valence electrons. The van der Waals surface area contributed by atoms with Crippen molar-refractivity contribution >= 4 is 11.4 Å². The fourth-order valence-corrected chi connectivity index (χ4v) is 1.76. The molecular weight excluding hydrogens is 240 g/mol. The number of hydrogen-bond acceptors (Lipinski definition) is 5. The maximum absolute atomic E-state index is 4.21. The van der Waals surface area contributed by atoms with Crippen LogP contribution in [0.2, 0.25) is 0 Å². The average molecular weight is 260 g/mol. The highest BCUT2D eigenvalue weighted by molar-refractivity contribution is 5.53. The van der Waals surface area contributed by atoms with Crippen LogP contribution in [0, 0.1) is 0 Å². The van der Waals surface area contributed by atoms with E-state index in [4.69, 9.17) is 0 Å². The van der Waals surface area contributed by atoms with E-state index in [0.29, 0.717) is 6.54 Å². The number of aryl methyl sites for hydroxylation is 1. The maximum atomic E-state index is 4.21. The van der Waals surface area contributed by atoms with Crippen LogP contribution in [0.5, 0.6) is 0 Å². The Kier molecular flexibility index (Phi) is 4.72. The smallest absolute Gasteiger partial charge is 0.152 e. The predicted molar refractivity (Wildman–Crippen MR) is 76.0 cm³/mol. The first-order valence-electron chi connectivity index (χ1n) is 6.63. The molecule has 0 atom stereocenters. The van der Waals surface area contributed by atoms with Crippen LogP contribution in [0.3, 0.4) is 0 Å². The van der Waals surface area contributed by atoms with E-state index in [1.54, 1.807) is 6.33 Å². The van der Waals surface area contributed by atoms with Gasteiger partial charge in [-0.15, -0.1) is 10.2 Å². The molecule has 2 aromatic heterocycles. The molecule has 0 bridgehead atoms. The SMILES string of the molecule is CCCNc1cncc(NCc2nncn2CC)c1. The molecule has 6 heteroatoms. The number of aromatic nitrogens is 4. The standard InChI is InChI=1S/C13H20N6/c1-3-5-15-11-6-12(8-14-7-11)16-9-13-18-17-10-19(13)4-2/h6-8,10,15-16H,3-5,9H2,1-2H3. The summed E-state index contributed by atoms with van der Waals surface area (Å²) < 4.78 is 2.01. The van der Waals surface area contributed by atoms with E-state index in [2.05, 4.69) is 45.7 Å². The third-order valence-corrected chi connectivity index (χ3v) is 2.80. The monoisotopic (exact) mass is 260 g/mol. The van der Waals surface area contributed by atoms with E-state index < -0.39 is 0 Å². The van der Waals surface area contributed by atoms with E-state index in [1.165, 1.54) is 0 Å². The van der Waals surface area contributed by atoms with Gasteiger partial charge >= 0.3 is 0 Å². The summed E-state index contributed by atoms with van der Waals surface area (Å²) in [6.07, 6.45) is 6.48. The first kappa shape index (κ1) is 13.3. The second kappa shape index (κ2) is 6.72. The maximum Gasteiger partial charge on any atom is 0.152 e. The molecule has 0 aromatic carbocycles. The van der Waals surface area contributed by atoms with Crippen molar-refractivity contribution in [2.24, 2.45) is 0 Å². The molecule has 0 radical (unpaired) electrons. The Bertz CT molecular complexity index is 507. The summed E-state index contributed by atoms with van der Waals surface area (Å²) in [5.41, 5.74) is 2.01. The zero-order chi connectivity index (χ0) is 13.5. The highest BCUT2D eigenvalue weighted by Crippen LogP contribution is 2.13. The van der Waals surface area contributed by atoms with Crippen molar-refractivity contribution in [3.63, 3.8) is 0 Å². The second-order valence-corrected chi connectivity index (χ2v) is 4.28. The fourth-order valence-electron chi connectivity index (χ4n) is 1.76. The van der Waals surface area contributed by atoms with Gasteiger partial charge in [0.15, 0.2) is 5.82 Å². The Morgan fingerprint density at radius 1 is 1.16 bits per heavy atom. The Morgan fingerprint density at radius 3 is 2.68 bits per heavy atom. The molecule has 6 nitrogen and oxygen atoms in total. The number of nitrogens with one attached hydrogen (secondary N) is 2. The van der Waals surface area contributed by atoms with Crippen LogP contribution < -0.4 is 10.6 Å². The van der Waals surface area contributed by atoms with Crippen molar-refractivity contribution in [1.82, 2.24) is 19.7 Å². The Balaban J connectivity index is 1.95. The molecule has 0 unspecified atom stereocenters. The van der Waals surface area contributed by atoms with Crippen molar-refractivity contribution in [3.05, 3.63) is 30.6 Å². The number of rotatable bonds is 7. The molecule has 2 aromatic rings. The summed E-state index contributed by atoms with van der Waals surface area (Å²) >= 11 is 0. The second-order valence-electron chi connectivity index (χ2n) is 4.28. The van der Waals surface area contributed by atoms with Crippen LogP contribution in [0.1, 0.15) is 26.1 Å². The van der Waals surface area contributed by atoms with Crippen LogP contribution in [-0.4, -0.2) is 26.3 Å². The highest BCUT2D eigenvalue weighted by atomic mass is 15.3. The molecule has 2 rings (SSSR count). The van der Waals surface area contributed by atoms with Gasteiger partial charge in [0.2, 0.25) is 0 Å². The minimum Gasteiger partial charge on any atom is -0.384 e. The fraction of sp³-hybridized carbons (Fsp3) is 0.462. The summed E-state index contributed by atoms with van der Waals surface area (Å²) in [6.45, 7) is 6.69. The molecule has 0 aliphatic rings. The molecule has 2 N–H and O–H groups in total. The number of anilines is 2. The molecule has 0 aliphatic carbocycles. The molecule has 0 spiro atoms. The van der Waals surface area contributed by atoms with Crippen LogP contribution >= 0.6 is 0 Å². The summed E-state index contributed by atoms with van der Waals surface area (Å²) in [5.74, 6) is 0.925. The largest absolute Gasteiger partial charge is 0.384 e. The van der Waals surface area contributed by atoms with E-state index in [1.807, 2.05) is 17.0 Å². The minimum absolute atomic E-state index is 0.646. The third-order valence-electron chi connectivity index (χ3n) is 2.80. The zero-order valence-corrected chi connectivity index (χ0v) is 11.4. The van der Waals surface area contributed by atoms with Gasteiger partial charge in [-0.3, -0.25) is 4.98 Å². The van der Waals surface area contributed by atoms with Gasteiger partial charge in [0.1, 0.15) is 6.33 Å². The number of nitrogens with zero attached hydrogens (tertiary/aromatic N) is 4. The van der Waals surface area contributed by atoms with E-state index >= 15 is 0 Å². The predicted octanol–water partition coefficient (Wildman–Crippen LogP) is 2.13. The lowest BCUT2D eigenvalue weighted by Gasteiger charge is -2.09. The summed E-state index contributed by atoms with van der Waals surface area (Å²) in [4.78, 5) is 4.21. The van der Waals surface area contributed by atoms with Gasteiger partial charge < -0.3 is 15.2 Å². The molecule has 0 saturated heterocycles. The van der Waals surface area contributed by atoms with Crippen LogP contribution in [0.4, 0.5) is 11.4 Å². The molecule has 2 heterocycles. The van der Waals surface area contributed by atoms with Crippen molar-refractivity contribution in [1.29, 1.82) is 0 Å². The first-order valence-corrected chi connectivity index (χ1v) is 6.63. The number of hydrogen-bond donors (Lipinski definition) is 2. The summed E-state index contributed by atoms with van der Waals surface area (Å²) in [5, 5.41) is 14.6. The van der Waals surface area contributed by atoms with E-state index in [-0.39, 0.29) is 0 Å². The van der Waals surface area contributed by atoms with E-state index in [0.717, 1.165) is 36.7 Å². The van der Waals surface area contributed by atoms with Gasteiger partial charge in [0.05, 0.1) is 30.3 Å². The molecule has 0 amide bonds.